The third-order valence-electron chi connectivity index (χ3n) is 5.49. The zero-order chi connectivity index (χ0) is 19.8. The highest BCUT2D eigenvalue weighted by Gasteiger charge is 2.27. The Kier molecular flexibility index (Phi) is 4.78. The Bertz CT molecular complexity index is 1190. The molecule has 0 aliphatic carbocycles. The van der Waals surface area contributed by atoms with Crippen molar-refractivity contribution in [2.24, 2.45) is 0 Å². The van der Waals surface area contributed by atoms with Crippen LogP contribution >= 0.6 is 11.3 Å². The maximum atomic E-state index is 13.6. The van der Waals surface area contributed by atoms with Gasteiger partial charge in [0.05, 0.1) is 22.9 Å². The van der Waals surface area contributed by atoms with E-state index in [2.05, 4.69) is 25.1 Å². The number of benzene rings is 3. The van der Waals surface area contributed by atoms with Crippen LogP contribution in [0.3, 0.4) is 0 Å². The van der Waals surface area contributed by atoms with Crippen LogP contribution in [0.5, 0.6) is 0 Å². The Morgan fingerprint density at radius 3 is 2.79 bits per heavy atom. The molecule has 5 rings (SSSR count). The standard InChI is InChI=1S/C24H22N2O2S/c1-16-6-4-10-21-22(16)25-24(29-21)26(15-20-9-5-13-28-20)23(27)19-12-11-17-7-2-3-8-18(17)14-19/h2-4,6-8,10-12,14,20H,5,9,13,15H2,1H3. The van der Waals surface area contributed by atoms with Crippen molar-refractivity contribution in [2.75, 3.05) is 18.1 Å². The fraction of sp³-hybridized carbons (Fsp3) is 0.250. The number of ether oxygens (including phenoxy) is 1. The minimum absolute atomic E-state index is 0.0250. The number of amides is 1. The van der Waals surface area contributed by atoms with Crippen LogP contribution in [-0.4, -0.2) is 30.1 Å². The van der Waals surface area contributed by atoms with E-state index in [1.54, 1.807) is 11.3 Å². The Hall–Kier alpha value is -2.76. The van der Waals surface area contributed by atoms with Crippen LogP contribution < -0.4 is 4.90 Å². The Balaban J connectivity index is 1.56. The van der Waals surface area contributed by atoms with Crippen molar-refractivity contribution in [3.8, 4) is 0 Å². The number of rotatable bonds is 4. The van der Waals surface area contributed by atoms with Crippen molar-refractivity contribution in [1.82, 2.24) is 4.98 Å². The van der Waals surface area contributed by atoms with E-state index in [0.717, 1.165) is 51.1 Å². The summed E-state index contributed by atoms with van der Waals surface area (Å²) in [6.07, 6.45) is 2.08. The van der Waals surface area contributed by atoms with Crippen molar-refractivity contribution in [2.45, 2.75) is 25.9 Å². The average molecular weight is 403 g/mol. The number of anilines is 1. The molecule has 1 aliphatic heterocycles. The molecule has 1 fully saturated rings. The van der Waals surface area contributed by atoms with Crippen LogP contribution in [0.4, 0.5) is 5.13 Å². The number of fused-ring (bicyclic) bond motifs is 2. The molecule has 5 heteroatoms. The van der Waals surface area contributed by atoms with Gasteiger partial charge in [0.25, 0.3) is 5.91 Å². The third-order valence-corrected chi connectivity index (χ3v) is 6.54. The van der Waals surface area contributed by atoms with E-state index in [1.165, 1.54) is 0 Å². The number of hydrogen-bond acceptors (Lipinski definition) is 4. The first-order valence-corrected chi connectivity index (χ1v) is 10.8. The van der Waals surface area contributed by atoms with E-state index < -0.39 is 0 Å². The third kappa shape index (κ3) is 3.52. The topological polar surface area (TPSA) is 42.4 Å². The molecule has 0 saturated carbocycles. The molecule has 0 bridgehead atoms. The van der Waals surface area contributed by atoms with Gasteiger partial charge >= 0.3 is 0 Å². The Morgan fingerprint density at radius 2 is 2.00 bits per heavy atom. The van der Waals surface area contributed by atoms with Gasteiger partial charge in [-0.25, -0.2) is 4.98 Å². The van der Waals surface area contributed by atoms with Gasteiger partial charge in [-0.15, -0.1) is 0 Å². The maximum absolute atomic E-state index is 13.6. The first-order valence-electron chi connectivity index (χ1n) is 9.97. The minimum atomic E-state index is -0.0250. The van der Waals surface area contributed by atoms with Gasteiger partial charge in [0.1, 0.15) is 0 Å². The summed E-state index contributed by atoms with van der Waals surface area (Å²) in [7, 11) is 0. The zero-order valence-electron chi connectivity index (χ0n) is 16.3. The van der Waals surface area contributed by atoms with Crippen LogP contribution in [0.25, 0.3) is 21.0 Å². The number of thiazole rings is 1. The molecule has 146 valence electrons. The predicted molar refractivity (Wildman–Crippen MR) is 119 cm³/mol. The highest BCUT2D eigenvalue weighted by molar-refractivity contribution is 7.22. The first-order chi connectivity index (χ1) is 14.2. The second-order valence-electron chi connectivity index (χ2n) is 7.53. The van der Waals surface area contributed by atoms with Crippen LogP contribution in [-0.2, 0) is 4.74 Å². The van der Waals surface area contributed by atoms with Crippen molar-refractivity contribution < 1.29 is 9.53 Å². The molecule has 1 atom stereocenters. The van der Waals surface area contributed by atoms with Gasteiger partial charge in [-0.05, 0) is 54.3 Å². The summed E-state index contributed by atoms with van der Waals surface area (Å²) in [5, 5.41) is 2.93. The van der Waals surface area contributed by atoms with Crippen LogP contribution in [0.15, 0.2) is 60.7 Å². The van der Waals surface area contributed by atoms with E-state index in [9.17, 15) is 4.79 Å². The molecule has 1 saturated heterocycles. The minimum Gasteiger partial charge on any atom is -0.376 e. The number of nitrogens with zero attached hydrogens (tertiary/aromatic N) is 2. The molecular formula is C24H22N2O2S. The van der Waals surface area contributed by atoms with Gasteiger partial charge in [-0.2, -0.15) is 0 Å². The lowest BCUT2D eigenvalue weighted by Gasteiger charge is -2.23. The molecule has 1 unspecified atom stereocenters. The molecule has 0 spiro atoms. The van der Waals surface area contributed by atoms with Crippen molar-refractivity contribution >= 4 is 43.4 Å². The number of para-hydroxylation sites is 1. The first kappa shape index (κ1) is 18.3. The Labute approximate surface area is 173 Å². The number of carbonyl (C=O) groups is 1. The molecular weight excluding hydrogens is 380 g/mol. The molecule has 4 nitrogen and oxygen atoms in total. The van der Waals surface area contributed by atoms with Crippen molar-refractivity contribution in [3.63, 3.8) is 0 Å². The van der Waals surface area contributed by atoms with Gasteiger partial charge < -0.3 is 4.74 Å². The second-order valence-corrected chi connectivity index (χ2v) is 8.54. The van der Waals surface area contributed by atoms with E-state index in [1.807, 2.05) is 47.4 Å². The number of carbonyl (C=O) groups excluding carboxylic acids is 1. The van der Waals surface area contributed by atoms with E-state index in [-0.39, 0.29) is 12.0 Å². The van der Waals surface area contributed by atoms with Crippen molar-refractivity contribution in [1.29, 1.82) is 0 Å². The summed E-state index contributed by atoms with van der Waals surface area (Å²) in [6.45, 7) is 3.35. The Morgan fingerprint density at radius 1 is 1.14 bits per heavy atom. The molecule has 1 amide bonds. The molecule has 3 aromatic carbocycles. The summed E-state index contributed by atoms with van der Waals surface area (Å²) >= 11 is 1.57. The lowest BCUT2D eigenvalue weighted by atomic mass is 10.1. The maximum Gasteiger partial charge on any atom is 0.260 e. The summed E-state index contributed by atoms with van der Waals surface area (Å²) in [5.41, 5.74) is 2.77. The van der Waals surface area contributed by atoms with E-state index >= 15 is 0 Å². The van der Waals surface area contributed by atoms with Gasteiger partial charge in [0.15, 0.2) is 5.13 Å². The monoisotopic (exact) mass is 402 g/mol. The predicted octanol–water partition coefficient (Wildman–Crippen LogP) is 5.58. The smallest absolute Gasteiger partial charge is 0.260 e. The fourth-order valence-electron chi connectivity index (χ4n) is 3.91. The van der Waals surface area contributed by atoms with Gasteiger partial charge in [0, 0.05) is 12.2 Å². The van der Waals surface area contributed by atoms with Crippen molar-refractivity contribution in [3.05, 3.63) is 71.8 Å². The second kappa shape index (κ2) is 7.58. The highest BCUT2D eigenvalue weighted by atomic mass is 32.1. The molecule has 0 N–H and O–H groups in total. The number of aryl methyl sites for hydroxylation is 1. The summed E-state index contributed by atoms with van der Waals surface area (Å²) < 4.78 is 6.94. The highest BCUT2D eigenvalue weighted by Crippen LogP contribution is 2.32. The summed E-state index contributed by atoms with van der Waals surface area (Å²) in [5.74, 6) is -0.0250. The lowest BCUT2D eigenvalue weighted by Crippen LogP contribution is -2.37. The molecule has 29 heavy (non-hydrogen) atoms. The average Bonchev–Trinajstić information content (AvgIpc) is 3.41. The number of hydrogen-bond donors (Lipinski definition) is 0. The zero-order valence-corrected chi connectivity index (χ0v) is 17.1. The normalized spacial score (nSPS) is 16.5. The van der Waals surface area contributed by atoms with Crippen LogP contribution in [0.2, 0.25) is 0 Å². The summed E-state index contributed by atoms with van der Waals surface area (Å²) in [4.78, 5) is 20.2. The van der Waals surface area contributed by atoms with E-state index in [0.29, 0.717) is 12.1 Å². The molecule has 1 aromatic heterocycles. The van der Waals surface area contributed by atoms with Gasteiger partial charge in [0.2, 0.25) is 0 Å². The fourth-order valence-corrected chi connectivity index (χ4v) is 4.96. The van der Waals surface area contributed by atoms with E-state index in [4.69, 9.17) is 9.72 Å². The van der Waals surface area contributed by atoms with Gasteiger partial charge in [-0.3, -0.25) is 9.69 Å². The quantitative estimate of drug-likeness (QED) is 0.447. The molecule has 4 aromatic rings. The number of aromatic nitrogens is 1. The molecule has 1 aliphatic rings. The SMILES string of the molecule is Cc1cccc2sc(N(CC3CCCO3)C(=O)c3ccc4ccccc4c3)nc12. The van der Waals surface area contributed by atoms with Gasteiger partial charge in [-0.1, -0.05) is 53.8 Å². The van der Waals surface area contributed by atoms with Crippen LogP contribution in [0.1, 0.15) is 28.8 Å². The molecule has 2 heterocycles. The summed E-state index contributed by atoms with van der Waals surface area (Å²) in [6, 6.07) is 20.2. The van der Waals surface area contributed by atoms with Crippen LogP contribution in [0, 0.1) is 6.92 Å². The molecule has 0 radical (unpaired) electrons. The largest absolute Gasteiger partial charge is 0.376 e. The lowest BCUT2D eigenvalue weighted by molar-refractivity contribution is 0.0917.